The molecule has 0 aliphatic carbocycles. The van der Waals surface area contributed by atoms with E-state index in [4.69, 9.17) is 4.74 Å². The maximum absolute atomic E-state index is 12.4. The van der Waals surface area contributed by atoms with Crippen LogP contribution < -0.4 is 15.3 Å². The molecule has 3 aromatic carbocycles. The van der Waals surface area contributed by atoms with Crippen LogP contribution in [0.3, 0.4) is 0 Å². The Hall–Kier alpha value is -4.44. The third-order valence-corrected chi connectivity index (χ3v) is 5.83. The quantitative estimate of drug-likeness (QED) is 0.219. The Balaban J connectivity index is 1.50. The van der Waals surface area contributed by atoms with Crippen molar-refractivity contribution in [2.45, 2.75) is 5.16 Å². The predicted molar refractivity (Wildman–Crippen MR) is 131 cm³/mol. The molecule has 1 heterocycles. The Morgan fingerprint density at radius 3 is 2.46 bits per heavy atom. The molecule has 4 aromatic rings. The topological polar surface area (TPSA) is 122 Å². The van der Waals surface area contributed by atoms with Crippen molar-refractivity contribution in [1.82, 2.24) is 20.2 Å². The Kier molecular flexibility index (Phi) is 7.53. The Labute approximate surface area is 205 Å². The third-order valence-electron chi connectivity index (χ3n) is 4.90. The van der Waals surface area contributed by atoms with Gasteiger partial charge in [-0.1, -0.05) is 66.4 Å². The summed E-state index contributed by atoms with van der Waals surface area (Å²) in [4.78, 5) is 23.6. The van der Waals surface area contributed by atoms with E-state index in [2.05, 4.69) is 20.7 Å². The fraction of sp³-hybridized carbons (Fsp3) is 0.0800. The summed E-state index contributed by atoms with van der Waals surface area (Å²) < 4.78 is 7.12. The average Bonchev–Trinajstić information content (AvgIpc) is 3.32. The number of nitrogens with zero attached hydrogens (tertiary/aromatic N) is 4. The number of carbonyl (C=O) groups excluding carboxylic acids is 2. The van der Waals surface area contributed by atoms with Gasteiger partial charge in [0.25, 0.3) is 5.91 Å². The van der Waals surface area contributed by atoms with Crippen LogP contribution in [0.2, 0.25) is 0 Å². The standard InChI is InChI=1S/C25H21N5O4S/c1-34-20-13-11-19(12-14-20)30-23(17-7-3-2-4-8-17)28-29-25(30)35-16-22(31)27-26-15-18-9-5-6-10-21(18)24(32)33/h2-15H,16H2,1H3,(H,27,31)(H,32,33)/p-1. The number of carbonyl (C=O) groups is 2. The molecule has 0 radical (unpaired) electrons. The van der Waals surface area contributed by atoms with Crippen LogP contribution >= 0.6 is 11.8 Å². The number of aromatic carboxylic acids is 1. The van der Waals surface area contributed by atoms with Crippen LogP contribution in [0.1, 0.15) is 15.9 Å². The molecule has 35 heavy (non-hydrogen) atoms. The number of nitrogens with one attached hydrogen (secondary N) is 1. The van der Waals surface area contributed by atoms with Gasteiger partial charge in [0.1, 0.15) is 5.75 Å². The summed E-state index contributed by atoms with van der Waals surface area (Å²) in [6, 6.07) is 23.3. The maximum Gasteiger partial charge on any atom is 0.250 e. The van der Waals surface area contributed by atoms with Crippen molar-refractivity contribution in [1.29, 1.82) is 0 Å². The van der Waals surface area contributed by atoms with Gasteiger partial charge in [-0.05, 0) is 24.3 Å². The number of ether oxygens (including phenoxy) is 1. The molecule has 4 rings (SSSR count). The first-order chi connectivity index (χ1) is 17.1. The van der Waals surface area contributed by atoms with Crippen molar-refractivity contribution in [2.24, 2.45) is 5.10 Å². The van der Waals surface area contributed by atoms with Crippen LogP contribution in [0.25, 0.3) is 17.1 Å². The molecular formula is C25H20N5O4S-. The first-order valence-corrected chi connectivity index (χ1v) is 11.5. The van der Waals surface area contributed by atoms with Gasteiger partial charge in [0.05, 0.1) is 25.0 Å². The molecule has 176 valence electrons. The van der Waals surface area contributed by atoms with Gasteiger partial charge in [-0.3, -0.25) is 9.36 Å². The zero-order chi connectivity index (χ0) is 24.6. The number of aromatic nitrogens is 3. The van der Waals surface area contributed by atoms with Crippen molar-refractivity contribution in [2.75, 3.05) is 12.9 Å². The average molecular weight is 487 g/mol. The molecule has 10 heteroatoms. The molecule has 0 saturated carbocycles. The third kappa shape index (κ3) is 5.74. The van der Waals surface area contributed by atoms with Gasteiger partial charge in [0, 0.05) is 22.4 Å². The molecule has 0 bridgehead atoms. The van der Waals surface area contributed by atoms with Crippen LogP contribution in [0.5, 0.6) is 5.75 Å². The second-order valence-electron chi connectivity index (χ2n) is 7.16. The van der Waals surface area contributed by atoms with Crippen molar-refractivity contribution < 1.29 is 19.4 Å². The largest absolute Gasteiger partial charge is 0.545 e. The van der Waals surface area contributed by atoms with Gasteiger partial charge in [-0.15, -0.1) is 10.2 Å². The second kappa shape index (κ2) is 11.1. The minimum atomic E-state index is -1.32. The smallest absolute Gasteiger partial charge is 0.250 e. The molecule has 9 nitrogen and oxygen atoms in total. The van der Waals surface area contributed by atoms with Gasteiger partial charge < -0.3 is 14.6 Å². The fourth-order valence-corrected chi connectivity index (χ4v) is 3.98. The van der Waals surface area contributed by atoms with Gasteiger partial charge >= 0.3 is 0 Å². The van der Waals surface area contributed by atoms with E-state index in [-0.39, 0.29) is 17.2 Å². The number of hydrogen-bond donors (Lipinski definition) is 1. The minimum absolute atomic E-state index is 0.0130. The number of thioether (sulfide) groups is 1. The van der Waals surface area contributed by atoms with Gasteiger partial charge in [-0.2, -0.15) is 5.10 Å². The van der Waals surface area contributed by atoms with Crippen molar-refractivity contribution in [3.8, 4) is 22.8 Å². The zero-order valence-corrected chi connectivity index (χ0v) is 19.4. The number of carboxylic acids is 1. The first kappa shape index (κ1) is 23.7. The summed E-state index contributed by atoms with van der Waals surface area (Å²) in [6.07, 6.45) is 1.26. The summed E-state index contributed by atoms with van der Waals surface area (Å²) in [7, 11) is 1.60. The van der Waals surface area contributed by atoms with E-state index in [9.17, 15) is 14.7 Å². The molecule has 0 spiro atoms. The summed E-state index contributed by atoms with van der Waals surface area (Å²) in [5.74, 6) is -0.336. The molecule has 1 N–H and O–H groups in total. The number of methoxy groups -OCH3 is 1. The van der Waals surface area contributed by atoms with Crippen LogP contribution in [-0.2, 0) is 4.79 Å². The van der Waals surface area contributed by atoms with E-state index in [0.29, 0.717) is 16.5 Å². The van der Waals surface area contributed by atoms with Crippen LogP contribution in [0, 0.1) is 0 Å². The first-order valence-electron chi connectivity index (χ1n) is 10.5. The highest BCUT2D eigenvalue weighted by Gasteiger charge is 2.17. The lowest BCUT2D eigenvalue weighted by Gasteiger charge is -2.11. The molecule has 1 amide bonds. The summed E-state index contributed by atoms with van der Waals surface area (Å²) in [6.45, 7) is 0. The number of rotatable bonds is 9. The highest BCUT2D eigenvalue weighted by molar-refractivity contribution is 7.99. The molecule has 0 aliphatic heterocycles. The second-order valence-corrected chi connectivity index (χ2v) is 8.10. The molecule has 0 atom stereocenters. The van der Waals surface area contributed by atoms with Gasteiger partial charge in [0.15, 0.2) is 11.0 Å². The van der Waals surface area contributed by atoms with E-state index in [1.165, 1.54) is 24.0 Å². The predicted octanol–water partition coefficient (Wildman–Crippen LogP) is 2.55. The molecule has 1 aromatic heterocycles. The summed E-state index contributed by atoms with van der Waals surface area (Å²) in [5, 5.41) is 24.2. The molecule has 0 fully saturated rings. The van der Waals surface area contributed by atoms with E-state index < -0.39 is 5.97 Å². The van der Waals surface area contributed by atoms with E-state index in [0.717, 1.165) is 17.0 Å². The summed E-state index contributed by atoms with van der Waals surface area (Å²) >= 11 is 1.20. The normalized spacial score (nSPS) is 10.9. The van der Waals surface area contributed by atoms with Crippen molar-refractivity contribution in [3.63, 3.8) is 0 Å². The highest BCUT2D eigenvalue weighted by atomic mass is 32.2. The van der Waals surface area contributed by atoms with E-state index in [1.807, 2.05) is 59.2 Å². The number of amides is 1. The lowest BCUT2D eigenvalue weighted by molar-refractivity contribution is -0.255. The van der Waals surface area contributed by atoms with Crippen LogP contribution in [-0.4, -0.2) is 45.7 Å². The molecule has 0 saturated heterocycles. The maximum atomic E-state index is 12.4. The lowest BCUT2D eigenvalue weighted by atomic mass is 10.1. The number of hydrogen-bond acceptors (Lipinski definition) is 8. The van der Waals surface area contributed by atoms with Crippen molar-refractivity contribution in [3.05, 3.63) is 90.0 Å². The Morgan fingerprint density at radius 2 is 1.74 bits per heavy atom. The fourth-order valence-electron chi connectivity index (χ4n) is 3.23. The monoisotopic (exact) mass is 486 g/mol. The zero-order valence-electron chi connectivity index (χ0n) is 18.6. The highest BCUT2D eigenvalue weighted by Crippen LogP contribution is 2.28. The Morgan fingerprint density at radius 1 is 1.03 bits per heavy atom. The van der Waals surface area contributed by atoms with Gasteiger partial charge in [0.2, 0.25) is 0 Å². The Bertz CT molecular complexity index is 1350. The number of carboxylic acid groups (broad SMARTS) is 1. The van der Waals surface area contributed by atoms with Gasteiger partial charge in [-0.25, -0.2) is 5.43 Å². The molecule has 0 unspecified atom stereocenters. The van der Waals surface area contributed by atoms with Crippen LogP contribution in [0.15, 0.2) is 89.1 Å². The van der Waals surface area contributed by atoms with Crippen LogP contribution in [0.4, 0.5) is 0 Å². The van der Waals surface area contributed by atoms with E-state index >= 15 is 0 Å². The molecular weight excluding hydrogens is 466 g/mol. The van der Waals surface area contributed by atoms with E-state index in [1.54, 1.807) is 25.3 Å². The molecule has 0 aliphatic rings. The number of benzene rings is 3. The number of hydrazone groups is 1. The SMILES string of the molecule is COc1ccc(-n2c(SCC(=O)NN=Cc3ccccc3C(=O)[O-])nnc2-c2ccccc2)cc1. The lowest BCUT2D eigenvalue weighted by Crippen LogP contribution is -2.24. The minimum Gasteiger partial charge on any atom is -0.545 e. The van der Waals surface area contributed by atoms with Crippen molar-refractivity contribution >= 4 is 29.9 Å². The summed E-state index contributed by atoms with van der Waals surface area (Å²) in [5.41, 5.74) is 4.41.